The molecular formula is C25H25Cl3N2O. The van der Waals surface area contributed by atoms with Gasteiger partial charge in [0.15, 0.2) is 0 Å². The molecule has 3 aromatic carbocycles. The largest absolute Gasteiger partial charge is 0.489 e. The lowest BCUT2D eigenvalue weighted by Crippen LogP contribution is -2.29. The summed E-state index contributed by atoms with van der Waals surface area (Å²) in [5.74, 6) is 0.795. The molecule has 1 aliphatic heterocycles. The molecule has 0 aromatic heterocycles. The molecule has 162 valence electrons. The van der Waals surface area contributed by atoms with Gasteiger partial charge in [0, 0.05) is 40.9 Å². The van der Waals surface area contributed by atoms with E-state index in [9.17, 15) is 0 Å². The zero-order chi connectivity index (χ0) is 21.6. The average molecular weight is 476 g/mol. The van der Waals surface area contributed by atoms with Crippen LogP contribution in [0.1, 0.15) is 30.4 Å². The van der Waals surface area contributed by atoms with E-state index < -0.39 is 0 Å². The maximum Gasteiger partial charge on any atom is 0.119 e. The van der Waals surface area contributed by atoms with Crippen molar-refractivity contribution in [3.8, 4) is 5.75 Å². The number of piperidine rings is 1. The number of ether oxygens (including phenoxy) is 1. The third kappa shape index (κ3) is 6.00. The van der Waals surface area contributed by atoms with E-state index >= 15 is 0 Å². The molecule has 0 aliphatic carbocycles. The summed E-state index contributed by atoms with van der Waals surface area (Å²) in [5, 5.41) is 5.48. The standard InChI is InChI=1S/C25H25Cl3N2O/c26-20-7-6-19(23(27)14-20)17-31-22-9-4-18(5-10-22)16-29-21-8-11-25(24(28)15-21)30-12-2-1-3-13-30/h4-11,14-15,29H,1-3,12-13,16-17H2. The van der Waals surface area contributed by atoms with Crippen molar-refractivity contribution in [1.82, 2.24) is 0 Å². The highest BCUT2D eigenvalue weighted by atomic mass is 35.5. The lowest BCUT2D eigenvalue weighted by atomic mass is 10.1. The van der Waals surface area contributed by atoms with Crippen LogP contribution in [-0.4, -0.2) is 13.1 Å². The molecule has 0 amide bonds. The van der Waals surface area contributed by atoms with Gasteiger partial charge in [-0.3, -0.25) is 0 Å². The van der Waals surface area contributed by atoms with Crippen LogP contribution < -0.4 is 15.0 Å². The molecule has 3 nitrogen and oxygen atoms in total. The predicted molar refractivity (Wildman–Crippen MR) is 132 cm³/mol. The first kappa shape index (κ1) is 22.1. The molecule has 0 atom stereocenters. The van der Waals surface area contributed by atoms with Crippen molar-refractivity contribution in [2.45, 2.75) is 32.4 Å². The van der Waals surface area contributed by atoms with Crippen LogP contribution in [0.3, 0.4) is 0 Å². The monoisotopic (exact) mass is 474 g/mol. The molecule has 1 saturated heterocycles. The maximum atomic E-state index is 6.56. The number of nitrogens with zero attached hydrogens (tertiary/aromatic N) is 1. The molecule has 3 aromatic rings. The van der Waals surface area contributed by atoms with Gasteiger partial charge in [-0.15, -0.1) is 0 Å². The molecule has 1 N–H and O–H groups in total. The van der Waals surface area contributed by atoms with Crippen LogP contribution in [0, 0.1) is 0 Å². The van der Waals surface area contributed by atoms with E-state index in [1.807, 2.05) is 30.3 Å². The van der Waals surface area contributed by atoms with Gasteiger partial charge in [0.2, 0.25) is 0 Å². The van der Waals surface area contributed by atoms with E-state index in [0.29, 0.717) is 23.2 Å². The summed E-state index contributed by atoms with van der Waals surface area (Å²) in [6.07, 6.45) is 3.79. The summed E-state index contributed by atoms with van der Waals surface area (Å²) in [6.45, 7) is 3.29. The Morgan fingerprint density at radius 3 is 2.29 bits per heavy atom. The van der Waals surface area contributed by atoms with Crippen LogP contribution in [0.5, 0.6) is 5.75 Å². The highest BCUT2D eigenvalue weighted by Crippen LogP contribution is 2.31. The third-order valence-electron chi connectivity index (χ3n) is 5.47. The Bertz CT molecular complexity index is 1020. The first-order chi connectivity index (χ1) is 15.1. The summed E-state index contributed by atoms with van der Waals surface area (Å²) in [7, 11) is 0. The Morgan fingerprint density at radius 1 is 0.806 bits per heavy atom. The fourth-order valence-corrected chi connectivity index (χ4v) is 4.48. The SMILES string of the molecule is Clc1ccc(COc2ccc(CNc3ccc(N4CCCCC4)c(Cl)c3)cc2)c(Cl)c1. The van der Waals surface area contributed by atoms with Gasteiger partial charge in [-0.05, 0) is 67.3 Å². The van der Waals surface area contributed by atoms with E-state index in [0.717, 1.165) is 46.4 Å². The molecule has 0 spiro atoms. The summed E-state index contributed by atoms with van der Waals surface area (Å²) in [4.78, 5) is 2.38. The van der Waals surface area contributed by atoms with E-state index in [2.05, 4.69) is 34.5 Å². The van der Waals surface area contributed by atoms with Crippen LogP contribution in [0.25, 0.3) is 0 Å². The topological polar surface area (TPSA) is 24.5 Å². The fourth-order valence-electron chi connectivity index (χ4n) is 3.72. The normalized spacial score (nSPS) is 13.8. The number of hydrogen-bond donors (Lipinski definition) is 1. The number of hydrogen-bond acceptors (Lipinski definition) is 3. The second-order valence-electron chi connectivity index (χ2n) is 7.74. The van der Waals surface area contributed by atoms with Crippen molar-refractivity contribution < 1.29 is 4.74 Å². The first-order valence-corrected chi connectivity index (χ1v) is 11.7. The number of benzene rings is 3. The van der Waals surface area contributed by atoms with Gasteiger partial charge in [-0.1, -0.05) is 53.0 Å². The molecule has 6 heteroatoms. The Hall–Kier alpha value is -2.07. The highest BCUT2D eigenvalue weighted by molar-refractivity contribution is 6.35. The number of anilines is 2. The molecule has 0 unspecified atom stereocenters. The van der Waals surface area contributed by atoms with E-state index in [-0.39, 0.29) is 0 Å². The lowest BCUT2D eigenvalue weighted by molar-refractivity contribution is 0.306. The van der Waals surface area contributed by atoms with Crippen molar-refractivity contribution in [1.29, 1.82) is 0 Å². The summed E-state index contributed by atoms with van der Waals surface area (Å²) < 4.78 is 5.85. The Labute approximate surface area is 198 Å². The highest BCUT2D eigenvalue weighted by Gasteiger charge is 2.14. The van der Waals surface area contributed by atoms with Crippen LogP contribution >= 0.6 is 34.8 Å². The zero-order valence-electron chi connectivity index (χ0n) is 17.2. The smallest absolute Gasteiger partial charge is 0.119 e. The molecular weight excluding hydrogens is 451 g/mol. The molecule has 1 fully saturated rings. The molecule has 4 rings (SSSR count). The molecule has 1 heterocycles. The second-order valence-corrected chi connectivity index (χ2v) is 8.99. The molecule has 0 bridgehead atoms. The van der Waals surface area contributed by atoms with Gasteiger partial charge in [-0.25, -0.2) is 0 Å². The Kier molecular flexibility index (Phi) is 7.49. The van der Waals surface area contributed by atoms with E-state index in [4.69, 9.17) is 39.5 Å². The van der Waals surface area contributed by atoms with Gasteiger partial charge >= 0.3 is 0 Å². The molecule has 1 aliphatic rings. The second kappa shape index (κ2) is 10.5. The minimum Gasteiger partial charge on any atom is -0.489 e. The van der Waals surface area contributed by atoms with Crippen molar-refractivity contribution >= 4 is 46.2 Å². The lowest BCUT2D eigenvalue weighted by Gasteiger charge is -2.29. The van der Waals surface area contributed by atoms with Crippen LogP contribution in [-0.2, 0) is 13.2 Å². The number of rotatable bonds is 7. The van der Waals surface area contributed by atoms with E-state index in [1.54, 1.807) is 6.07 Å². The summed E-state index contributed by atoms with van der Waals surface area (Å²) in [5.41, 5.74) is 4.22. The van der Waals surface area contributed by atoms with Crippen molar-refractivity contribution in [2.24, 2.45) is 0 Å². The average Bonchev–Trinajstić information content (AvgIpc) is 2.78. The first-order valence-electron chi connectivity index (χ1n) is 10.5. The van der Waals surface area contributed by atoms with Crippen LogP contribution in [0.2, 0.25) is 15.1 Å². The molecule has 0 radical (unpaired) electrons. The number of nitrogens with one attached hydrogen (secondary N) is 1. The third-order valence-corrected chi connectivity index (χ3v) is 6.36. The van der Waals surface area contributed by atoms with Gasteiger partial charge < -0.3 is 15.0 Å². The minimum atomic E-state index is 0.398. The predicted octanol–water partition coefficient (Wildman–Crippen LogP) is 7.83. The zero-order valence-corrected chi connectivity index (χ0v) is 19.5. The maximum absolute atomic E-state index is 6.56. The number of halogens is 3. The van der Waals surface area contributed by atoms with E-state index in [1.165, 1.54) is 19.3 Å². The summed E-state index contributed by atoms with van der Waals surface area (Å²) >= 11 is 18.7. The van der Waals surface area contributed by atoms with Crippen LogP contribution in [0.15, 0.2) is 60.7 Å². The Morgan fingerprint density at radius 2 is 1.58 bits per heavy atom. The van der Waals surface area contributed by atoms with Crippen LogP contribution in [0.4, 0.5) is 11.4 Å². The van der Waals surface area contributed by atoms with Gasteiger partial charge in [-0.2, -0.15) is 0 Å². The van der Waals surface area contributed by atoms with Gasteiger partial charge in [0.1, 0.15) is 12.4 Å². The molecule has 31 heavy (non-hydrogen) atoms. The quantitative estimate of drug-likeness (QED) is 0.377. The fraction of sp³-hybridized carbons (Fsp3) is 0.280. The van der Waals surface area contributed by atoms with Crippen molar-refractivity contribution in [3.05, 3.63) is 86.9 Å². The summed E-state index contributed by atoms with van der Waals surface area (Å²) in [6, 6.07) is 19.7. The Balaban J connectivity index is 1.30. The van der Waals surface area contributed by atoms with Gasteiger partial charge in [0.25, 0.3) is 0 Å². The minimum absolute atomic E-state index is 0.398. The van der Waals surface area contributed by atoms with Gasteiger partial charge in [0.05, 0.1) is 10.7 Å². The van der Waals surface area contributed by atoms with Crippen molar-refractivity contribution in [3.63, 3.8) is 0 Å². The van der Waals surface area contributed by atoms with Crippen molar-refractivity contribution in [2.75, 3.05) is 23.3 Å². The molecule has 0 saturated carbocycles.